The summed E-state index contributed by atoms with van der Waals surface area (Å²) in [5, 5.41) is 4.36. The molecule has 0 spiro atoms. The smallest absolute Gasteiger partial charge is 0.265 e. The average Bonchev–Trinajstić information content (AvgIpc) is 2.91. The molecule has 2 aromatic carbocycles. The molecule has 3 aromatic rings. The summed E-state index contributed by atoms with van der Waals surface area (Å²) < 4.78 is 61.6. The van der Waals surface area contributed by atoms with Gasteiger partial charge in [-0.2, -0.15) is 5.10 Å². The van der Waals surface area contributed by atoms with E-state index in [-0.39, 0.29) is 5.69 Å². The second kappa shape index (κ2) is 7.59. The predicted molar refractivity (Wildman–Crippen MR) is 101 cm³/mol. The number of hydrogen-bond donors (Lipinski definition) is 1. The van der Waals surface area contributed by atoms with Crippen LogP contribution in [-0.4, -0.2) is 25.3 Å². The number of sulfonamides is 1. The summed E-state index contributed by atoms with van der Waals surface area (Å²) in [7, 11) is -2.75. The van der Waals surface area contributed by atoms with E-state index >= 15 is 0 Å². The topological polar surface area (TPSA) is 73.2 Å². The lowest BCUT2D eigenvalue weighted by Gasteiger charge is -2.10. The minimum Gasteiger partial charge on any atom is -0.497 e. The number of ether oxygens (including phenoxy) is 1. The Morgan fingerprint density at radius 3 is 2.61 bits per heavy atom. The second-order valence-corrected chi connectivity index (χ2v) is 7.89. The summed E-state index contributed by atoms with van der Waals surface area (Å²) in [5.41, 5.74) is 2.10. The molecule has 148 valence electrons. The van der Waals surface area contributed by atoms with Crippen molar-refractivity contribution in [3.63, 3.8) is 0 Å². The van der Waals surface area contributed by atoms with Gasteiger partial charge < -0.3 is 4.74 Å². The quantitative estimate of drug-likeness (QED) is 0.677. The first-order chi connectivity index (χ1) is 13.2. The summed E-state index contributed by atoms with van der Waals surface area (Å²) >= 11 is 0. The van der Waals surface area contributed by atoms with Crippen molar-refractivity contribution in [1.82, 2.24) is 9.78 Å². The maximum atomic E-state index is 13.9. The van der Waals surface area contributed by atoms with Crippen LogP contribution in [0.15, 0.2) is 47.4 Å². The van der Waals surface area contributed by atoms with Crippen LogP contribution >= 0.6 is 0 Å². The van der Waals surface area contributed by atoms with Gasteiger partial charge in [0.15, 0.2) is 0 Å². The van der Waals surface area contributed by atoms with E-state index in [2.05, 4.69) is 9.82 Å². The van der Waals surface area contributed by atoms with Crippen molar-refractivity contribution in [1.29, 1.82) is 0 Å². The molecule has 0 aliphatic heterocycles. The van der Waals surface area contributed by atoms with Gasteiger partial charge in [0.05, 0.1) is 30.7 Å². The molecule has 0 fully saturated rings. The highest BCUT2D eigenvalue weighted by atomic mass is 32.2. The van der Waals surface area contributed by atoms with Crippen LogP contribution in [0.2, 0.25) is 0 Å². The molecule has 0 amide bonds. The van der Waals surface area contributed by atoms with Gasteiger partial charge in [-0.1, -0.05) is 12.1 Å². The van der Waals surface area contributed by atoms with Crippen LogP contribution in [0.5, 0.6) is 5.75 Å². The highest BCUT2D eigenvalue weighted by Gasteiger charge is 2.23. The van der Waals surface area contributed by atoms with Gasteiger partial charge >= 0.3 is 0 Å². The van der Waals surface area contributed by atoms with Crippen LogP contribution in [-0.2, 0) is 16.6 Å². The highest BCUT2D eigenvalue weighted by Crippen LogP contribution is 2.26. The highest BCUT2D eigenvalue weighted by molar-refractivity contribution is 7.92. The fourth-order valence-electron chi connectivity index (χ4n) is 2.81. The van der Waals surface area contributed by atoms with Crippen molar-refractivity contribution in [2.75, 3.05) is 11.8 Å². The molecular formula is C19H19F2N3O3S. The summed E-state index contributed by atoms with van der Waals surface area (Å²) in [6.07, 6.45) is 0. The minimum absolute atomic E-state index is 0.228. The van der Waals surface area contributed by atoms with E-state index in [0.29, 0.717) is 29.7 Å². The number of nitrogens with zero attached hydrogens (tertiary/aromatic N) is 2. The van der Waals surface area contributed by atoms with Gasteiger partial charge in [-0.25, -0.2) is 17.2 Å². The Morgan fingerprint density at radius 2 is 1.89 bits per heavy atom. The first-order valence-corrected chi connectivity index (χ1v) is 9.84. The molecule has 9 heteroatoms. The lowest BCUT2D eigenvalue weighted by Crippen LogP contribution is -2.16. The van der Waals surface area contributed by atoms with Crippen LogP contribution in [0, 0.1) is 25.5 Å². The van der Waals surface area contributed by atoms with Crippen molar-refractivity contribution in [3.8, 4) is 5.75 Å². The summed E-state index contributed by atoms with van der Waals surface area (Å²) in [6.45, 7) is 3.72. The number of anilines is 1. The van der Waals surface area contributed by atoms with Crippen molar-refractivity contribution < 1.29 is 21.9 Å². The number of benzene rings is 2. The van der Waals surface area contributed by atoms with E-state index in [9.17, 15) is 17.2 Å². The molecular weight excluding hydrogens is 388 g/mol. The number of aryl methyl sites for hydroxylation is 1. The summed E-state index contributed by atoms with van der Waals surface area (Å²) in [6, 6.07) is 9.68. The molecule has 1 aromatic heterocycles. The van der Waals surface area contributed by atoms with Crippen LogP contribution in [0.4, 0.5) is 14.5 Å². The maximum absolute atomic E-state index is 13.9. The first kappa shape index (κ1) is 19.8. The van der Waals surface area contributed by atoms with Gasteiger partial charge in [0.25, 0.3) is 10.0 Å². The van der Waals surface area contributed by atoms with Gasteiger partial charge in [0.2, 0.25) is 0 Å². The Kier molecular flexibility index (Phi) is 5.37. The SMILES string of the molecule is COc1cccc(Cn2nc(C)c(NS(=O)(=O)c3cc(F)ccc3F)c2C)c1. The zero-order valence-corrected chi connectivity index (χ0v) is 16.3. The zero-order chi connectivity index (χ0) is 20.5. The van der Waals surface area contributed by atoms with Gasteiger partial charge in [-0.05, 0) is 49.7 Å². The number of rotatable bonds is 6. The van der Waals surface area contributed by atoms with E-state index < -0.39 is 26.6 Å². The number of aromatic nitrogens is 2. The largest absolute Gasteiger partial charge is 0.497 e. The Hall–Kier alpha value is -2.94. The van der Waals surface area contributed by atoms with E-state index in [1.54, 1.807) is 25.6 Å². The Morgan fingerprint density at radius 1 is 1.14 bits per heavy atom. The van der Waals surface area contributed by atoms with Crippen LogP contribution in [0.1, 0.15) is 17.0 Å². The maximum Gasteiger partial charge on any atom is 0.265 e. The number of hydrogen-bond acceptors (Lipinski definition) is 4. The molecule has 0 unspecified atom stereocenters. The first-order valence-electron chi connectivity index (χ1n) is 8.36. The van der Waals surface area contributed by atoms with Gasteiger partial charge in [-0.3, -0.25) is 9.40 Å². The third-order valence-corrected chi connectivity index (χ3v) is 5.63. The molecule has 1 heterocycles. The van der Waals surface area contributed by atoms with Crippen LogP contribution in [0.3, 0.4) is 0 Å². The average molecular weight is 407 g/mol. The molecule has 3 rings (SSSR count). The Labute approximate surface area is 161 Å². The zero-order valence-electron chi connectivity index (χ0n) is 15.5. The van der Waals surface area contributed by atoms with Crippen LogP contribution < -0.4 is 9.46 Å². The predicted octanol–water partition coefficient (Wildman–Crippen LogP) is 3.64. The molecule has 0 saturated heterocycles. The number of nitrogens with one attached hydrogen (secondary N) is 1. The van der Waals surface area contributed by atoms with E-state index in [0.717, 1.165) is 17.7 Å². The Bertz CT molecular complexity index is 1130. The standard InChI is InChI=1S/C19H19F2N3O3S/c1-12-19(23-28(25,26)18-10-15(20)7-8-17(18)21)13(2)24(22-12)11-14-5-4-6-16(9-14)27-3/h4-10,23H,11H2,1-3H3. The second-order valence-electron chi connectivity index (χ2n) is 6.24. The summed E-state index contributed by atoms with van der Waals surface area (Å²) in [4.78, 5) is -0.758. The molecule has 0 aliphatic rings. The number of halogens is 2. The molecule has 0 aliphatic carbocycles. The molecule has 28 heavy (non-hydrogen) atoms. The van der Waals surface area contributed by atoms with Crippen LogP contribution in [0.25, 0.3) is 0 Å². The molecule has 0 radical (unpaired) electrons. The number of methoxy groups -OCH3 is 1. The van der Waals surface area contributed by atoms with Gasteiger partial charge in [0, 0.05) is 0 Å². The minimum atomic E-state index is -4.32. The van der Waals surface area contributed by atoms with Gasteiger partial charge in [0.1, 0.15) is 22.3 Å². The molecule has 0 saturated carbocycles. The fourth-order valence-corrected chi connectivity index (χ4v) is 4.08. The van der Waals surface area contributed by atoms with Crippen molar-refractivity contribution >= 4 is 15.7 Å². The third-order valence-electron chi connectivity index (χ3n) is 4.27. The molecule has 6 nitrogen and oxygen atoms in total. The van der Waals surface area contributed by atoms with E-state index in [4.69, 9.17) is 4.74 Å². The van der Waals surface area contributed by atoms with Crippen molar-refractivity contribution in [2.24, 2.45) is 0 Å². The lowest BCUT2D eigenvalue weighted by molar-refractivity contribution is 0.414. The molecule has 0 atom stereocenters. The van der Waals surface area contributed by atoms with E-state index in [1.165, 1.54) is 0 Å². The molecule has 1 N–H and O–H groups in total. The van der Waals surface area contributed by atoms with Crippen molar-refractivity contribution in [2.45, 2.75) is 25.3 Å². The summed E-state index contributed by atoms with van der Waals surface area (Å²) in [5.74, 6) is -1.18. The normalized spacial score (nSPS) is 11.5. The van der Waals surface area contributed by atoms with E-state index in [1.807, 2.05) is 24.3 Å². The fraction of sp³-hybridized carbons (Fsp3) is 0.211. The monoisotopic (exact) mass is 407 g/mol. The Balaban J connectivity index is 1.92. The third kappa shape index (κ3) is 3.99. The van der Waals surface area contributed by atoms with Gasteiger partial charge in [-0.15, -0.1) is 0 Å². The lowest BCUT2D eigenvalue weighted by atomic mass is 10.2. The van der Waals surface area contributed by atoms with Crippen molar-refractivity contribution in [3.05, 3.63) is 71.1 Å². The molecule has 0 bridgehead atoms.